The SMILES string of the molecule is O=C1OC(=O)[C@H]2[C@@H]1[C@H]1C=C[C@@H]2c2ccccc2C1=O. The Bertz CT molecular complexity index is 658. The third kappa shape index (κ3) is 1.21. The number of hydrogen-bond donors (Lipinski definition) is 0. The van der Waals surface area contributed by atoms with Crippen molar-refractivity contribution in [3.63, 3.8) is 0 Å². The quantitative estimate of drug-likeness (QED) is 0.399. The summed E-state index contributed by atoms with van der Waals surface area (Å²) >= 11 is 0. The van der Waals surface area contributed by atoms with Gasteiger partial charge in [-0.1, -0.05) is 36.4 Å². The Morgan fingerprint density at radius 1 is 0.842 bits per heavy atom. The van der Waals surface area contributed by atoms with Crippen LogP contribution in [0.4, 0.5) is 0 Å². The summed E-state index contributed by atoms with van der Waals surface area (Å²) in [4.78, 5) is 36.2. The Morgan fingerprint density at radius 2 is 1.47 bits per heavy atom. The van der Waals surface area contributed by atoms with Crippen LogP contribution in [0.15, 0.2) is 36.4 Å². The van der Waals surface area contributed by atoms with E-state index in [1.54, 1.807) is 18.2 Å². The first kappa shape index (κ1) is 10.7. The van der Waals surface area contributed by atoms with Crippen molar-refractivity contribution in [1.82, 2.24) is 0 Å². The highest BCUT2D eigenvalue weighted by Gasteiger charge is 2.57. The summed E-state index contributed by atoms with van der Waals surface area (Å²) in [5.41, 5.74) is 1.45. The fraction of sp³-hybridized carbons (Fsp3) is 0.267. The summed E-state index contributed by atoms with van der Waals surface area (Å²) < 4.78 is 4.74. The van der Waals surface area contributed by atoms with Crippen molar-refractivity contribution in [2.45, 2.75) is 5.92 Å². The molecule has 0 unspecified atom stereocenters. The van der Waals surface area contributed by atoms with Crippen molar-refractivity contribution >= 4 is 17.7 Å². The van der Waals surface area contributed by atoms with E-state index >= 15 is 0 Å². The molecule has 0 N–H and O–H groups in total. The minimum Gasteiger partial charge on any atom is -0.393 e. The van der Waals surface area contributed by atoms with Crippen LogP contribution in [-0.4, -0.2) is 17.7 Å². The Balaban J connectivity index is 2.00. The molecule has 4 heteroatoms. The second-order valence-electron chi connectivity index (χ2n) is 5.18. The highest BCUT2D eigenvalue weighted by atomic mass is 16.6. The van der Waals surface area contributed by atoms with E-state index in [-0.39, 0.29) is 11.7 Å². The number of allylic oxidation sites excluding steroid dienone is 2. The number of carbonyl (C=O) groups excluding carboxylic acids is 3. The number of rotatable bonds is 0. The van der Waals surface area contributed by atoms with Crippen LogP contribution >= 0.6 is 0 Å². The molecule has 4 aliphatic rings. The van der Waals surface area contributed by atoms with Crippen molar-refractivity contribution < 1.29 is 19.1 Å². The molecule has 1 heterocycles. The normalized spacial score (nSPS) is 34.8. The number of benzene rings is 1. The lowest BCUT2D eigenvalue weighted by molar-refractivity contribution is -0.154. The first-order valence-electron chi connectivity index (χ1n) is 6.25. The molecule has 1 aliphatic heterocycles. The molecule has 0 saturated carbocycles. The second kappa shape index (κ2) is 3.41. The van der Waals surface area contributed by atoms with Gasteiger partial charge < -0.3 is 4.74 Å². The average molecular weight is 254 g/mol. The van der Waals surface area contributed by atoms with Gasteiger partial charge in [-0.25, -0.2) is 0 Å². The van der Waals surface area contributed by atoms with Crippen molar-refractivity contribution in [2.75, 3.05) is 0 Å². The lowest BCUT2D eigenvalue weighted by Crippen LogP contribution is -2.33. The van der Waals surface area contributed by atoms with Gasteiger partial charge in [-0.15, -0.1) is 0 Å². The summed E-state index contributed by atoms with van der Waals surface area (Å²) in [5, 5.41) is 0. The standard InChI is InChI=1S/C15H10O4/c16-13-9-4-2-1-3-7(9)8-5-6-10(13)12-11(8)14(17)19-15(12)18/h1-6,8,10-12H/t8-,10-,11-,12+/m1/s1. The van der Waals surface area contributed by atoms with Gasteiger partial charge in [0.15, 0.2) is 5.78 Å². The van der Waals surface area contributed by atoms with E-state index in [1.165, 1.54) is 0 Å². The topological polar surface area (TPSA) is 60.4 Å². The van der Waals surface area contributed by atoms with Gasteiger partial charge in [-0.3, -0.25) is 14.4 Å². The maximum Gasteiger partial charge on any atom is 0.318 e. The van der Waals surface area contributed by atoms with Gasteiger partial charge in [-0.2, -0.15) is 0 Å². The molecule has 1 saturated heterocycles. The first-order valence-corrected chi connectivity index (χ1v) is 6.25. The van der Waals surface area contributed by atoms with E-state index in [4.69, 9.17) is 4.74 Å². The van der Waals surface area contributed by atoms with Crippen molar-refractivity contribution in [2.24, 2.45) is 17.8 Å². The van der Waals surface area contributed by atoms with Gasteiger partial charge in [0.25, 0.3) is 0 Å². The molecule has 0 radical (unpaired) electrons. The molecule has 94 valence electrons. The minimum atomic E-state index is -0.651. The number of carbonyl (C=O) groups is 3. The maximum absolute atomic E-state index is 12.5. The van der Waals surface area contributed by atoms with Crippen LogP contribution in [0.2, 0.25) is 0 Å². The fourth-order valence-corrected chi connectivity index (χ4v) is 3.49. The van der Waals surface area contributed by atoms with Gasteiger partial charge in [0.2, 0.25) is 0 Å². The number of ketones is 1. The number of ether oxygens (including phenoxy) is 1. The number of esters is 2. The van der Waals surface area contributed by atoms with E-state index in [0.717, 1.165) is 5.56 Å². The van der Waals surface area contributed by atoms with E-state index < -0.39 is 29.7 Å². The molecule has 0 amide bonds. The lowest BCUT2D eigenvalue weighted by atomic mass is 9.72. The highest BCUT2D eigenvalue weighted by Crippen LogP contribution is 2.49. The van der Waals surface area contributed by atoms with Gasteiger partial charge in [0.05, 0.1) is 17.8 Å². The largest absolute Gasteiger partial charge is 0.393 e. The third-order valence-corrected chi connectivity index (χ3v) is 4.32. The Kier molecular flexibility index (Phi) is 1.91. The highest BCUT2D eigenvalue weighted by molar-refractivity contribution is 6.08. The third-order valence-electron chi connectivity index (χ3n) is 4.32. The predicted octanol–water partition coefficient (Wildman–Crippen LogP) is 1.47. The summed E-state index contributed by atoms with van der Waals surface area (Å²) in [7, 11) is 0. The molecular formula is C15H10O4. The first-order chi connectivity index (χ1) is 9.18. The average Bonchev–Trinajstić information content (AvgIpc) is 2.60. The summed E-state index contributed by atoms with van der Waals surface area (Å²) in [6.45, 7) is 0. The lowest BCUT2D eigenvalue weighted by Gasteiger charge is -2.25. The fourth-order valence-electron chi connectivity index (χ4n) is 3.49. The van der Waals surface area contributed by atoms with E-state index in [2.05, 4.69) is 0 Å². The Morgan fingerprint density at radius 3 is 2.26 bits per heavy atom. The number of hydrogen-bond acceptors (Lipinski definition) is 4. The van der Waals surface area contributed by atoms with E-state index in [1.807, 2.05) is 18.2 Å². The molecule has 2 bridgehead atoms. The van der Waals surface area contributed by atoms with Gasteiger partial charge in [-0.05, 0) is 5.56 Å². The minimum absolute atomic E-state index is 0.0894. The van der Waals surface area contributed by atoms with Crippen LogP contribution < -0.4 is 0 Å². The van der Waals surface area contributed by atoms with E-state index in [9.17, 15) is 14.4 Å². The molecule has 1 aromatic rings. The second-order valence-corrected chi connectivity index (χ2v) is 5.18. The van der Waals surface area contributed by atoms with Gasteiger partial charge in [0.1, 0.15) is 0 Å². The van der Waals surface area contributed by atoms with Gasteiger partial charge >= 0.3 is 11.9 Å². The molecule has 1 fully saturated rings. The molecule has 0 aromatic heterocycles. The smallest absolute Gasteiger partial charge is 0.318 e. The molecule has 3 aliphatic carbocycles. The van der Waals surface area contributed by atoms with Crippen LogP contribution in [0.1, 0.15) is 21.8 Å². The zero-order valence-corrected chi connectivity index (χ0v) is 9.91. The molecule has 5 rings (SSSR count). The van der Waals surface area contributed by atoms with Crippen LogP contribution in [0.3, 0.4) is 0 Å². The van der Waals surface area contributed by atoms with Crippen LogP contribution in [0, 0.1) is 17.8 Å². The zero-order valence-electron chi connectivity index (χ0n) is 9.91. The predicted molar refractivity (Wildman–Crippen MR) is 64.2 cm³/mol. The van der Waals surface area contributed by atoms with Crippen molar-refractivity contribution in [3.8, 4) is 0 Å². The Hall–Kier alpha value is -2.23. The molecule has 0 spiro atoms. The van der Waals surface area contributed by atoms with Gasteiger partial charge in [0, 0.05) is 11.5 Å². The van der Waals surface area contributed by atoms with E-state index in [0.29, 0.717) is 5.56 Å². The summed E-state index contributed by atoms with van der Waals surface area (Å²) in [6, 6.07) is 7.26. The zero-order chi connectivity index (χ0) is 13.1. The van der Waals surface area contributed by atoms with Crippen LogP contribution in [0.5, 0.6) is 0 Å². The summed E-state index contributed by atoms with van der Waals surface area (Å²) in [5.74, 6) is -3.15. The Labute approximate surface area is 109 Å². The van der Waals surface area contributed by atoms with Crippen LogP contribution in [-0.2, 0) is 14.3 Å². The monoisotopic (exact) mass is 254 g/mol. The van der Waals surface area contributed by atoms with Crippen molar-refractivity contribution in [3.05, 3.63) is 47.5 Å². The molecule has 4 nitrogen and oxygen atoms in total. The molecule has 19 heavy (non-hydrogen) atoms. The molecule has 1 aromatic carbocycles. The maximum atomic E-state index is 12.5. The number of Topliss-reactive ketones (excluding diaryl/α,β-unsaturated/α-hetero) is 1. The number of cyclic esters (lactones) is 2. The molecule has 4 atom stereocenters. The molecular weight excluding hydrogens is 244 g/mol. The summed E-state index contributed by atoms with van der Waals surface area (Å²) in [6.07, 6.45) is 3.63. The van der Waals surface area contributed by atoms with Crippen LogP contribution in [0.25, 0.3) is 0 Å². The van der Waals surface area contributed by atoms with Crippen molar-refractivity contribution in [1.29, 1.82) is 0 Å².